The van der Waals surface area contributed by atoms with E-state index in [9.17, 15) is 54.0 Å². The maximum Gasteiger partial charge on any atom is 0.366 e. The van der Waals surface area contributed by atoms with Crippen LogP contribution in [0.15, 0.2) is 52.7 Å². The molecular formula is C80H144N12O12S6. The van der Waals surface area contributed by atoms with Gasteiger partial charge in [0.2, 0.25) is 33.5 Å². The maximum absolute atomic E-state index is 11.4. The van der Waals surface area contributed by atoms with E-state index in [1.165, 1.54) is 28.0 Å². The van der Waals surface area contributed by atoms with Crippen LogP contribution in [0.5, 0.6) is 0 Å². The summed E-state index contributed by atoms with van der Waals surface area (Å²) in [6.45, 7) is 79.8. The van der Waals surface area contributed by atoms with E-state index in [0.717, 1.165) is 40.0 Å². The molecule has 0 atom stereocenters. The number of nitrogens with zero attached hydrogens (tertiary/aromatic N) is 12. The number of nitro groups is 1. The Hall–Kier alpha value is -5.74. The standard InChI is InChI=1S/C10H14O2.C9H17N3O2S.C8H14N2O2S.C8H14N2OS.C8H14N2S.C8H14N2.C8H15NO2.C7H14O2S.C7H14O.C7H14S/c1-5(2)7-8(6(3)4)10(12)9(7)11;1-6(2)8-10-15(13,14)11-9(7(3)4)12(8)5;1-5(2)7-8(6(3)4)10-13(11,12)9-7;1-5(2)7-8(6(3)4)10-12(11)9-7;1-5(2)7-8(6(3)4)10-11-9-7;1-6(2)8(7(3)4)10-5-9;1-6(2)8(7(3)4)5-9(10)11;1-5(2)7(6(3)4)10(8)9;2*1-5(2)7(8)6(3)4/h5-6H,1-4H3;6-7H,1-5H3;5-6H,1-4H3;5-6H,1-4H3;5-6H,1-4H3;6-7H,1-4H3;5-7H,1-4H3;5-6H,1-4H3;2*5-6H,1-4H3. The number of hydrogen-bond donors (Lipinski definition) is 0. The Balaban J connectivity index is -0.000000373. The average molecular weight is 1660 g/mol. The van der Waals surface area contributed by atoms with E-state index in [1.54, 1.807) is 11.9 Å². The molecule has 5 rings (SSSR count). The zero-order chi connectivity index (χ0) is 88.2. The molecule has 30 heteroatoms. The van der Waals surface area contributed by atoms with Gasteiger partial charge in [-0.25, -0.2) is 4.21 Å². The number of carbonyl (C=O) groups excluding carboxylic acids is 1. The van der Waals surface area contributed by atoms with Gasteiger partial charge in [0.15, 0.2) is 0 Å². The van der Waals surface area contributed by atoms with E-state index in [-0.39, 0.29) is 86.8 Å². The van der Waals surface area contributed by atoms with Gasteiger partial charge in [0.05, 0.1) is 55.8 Å². The predicted molar refractivity (Wildman–Crippen MR) is 473 cm³/mol. The maximum atomic E-state index is 11.4. The van der Waals surface area contributed by atoms with E-state index >= 15 is 0 Å². The van der Waals surface area contributed by atoms with Crippen molar-refractivity contribution >= 4 is 122 Å². The lowest BCUT2D eigenvalue weighted by Crippen LogP contribution is -2.42. The molecule has 2 aromatic rings. The van der Waals surface area contributed by atoms with E-state index in [0.29, 0.717) is 81.1 Å². The minimum absolute atomic E-state index is 0.0639. The second kappa shape index (κ2) is 54.1. The molecule has 3 aliphatic heterocycles. The lowest BCUT2D eigenvalue weighted by Gasteiger charge is -2.29. The first-order chi connectivity index (χ1) is 49.8. The Morgan fingerprint density at radius 3 is 0.936 bits per heavy atom. The van der Waals surface area contributed by atoms with Crippen LogP contribution in [0.3, 0.4) is 0 Å². The largest absolute Gasteiger partial charge is 0.366 e. The number of amidine groups is 2. The smallest absolute Gasteiger partial charge is 0.319 e. The quantitative estimate of drug-likeness (QED) is 0.0280. The predicted octanol–water partition coefficient (Wildman–Crippen LogP) is 19.4. The summed E-state index contributed by atoms with van der Waals surface area (Å²) >= 11 is 5.08. The van der Waals surface area contributed by atoms with Crippen LogP contribution < -0.4 is 10.9 Å². The van der Waals surface area contributed by atoms with Crippen LogP contribution in [0.25, 0.3) is 0 Å². The van der Waals surface area contributed by atoms with Gasteiger partial charge in [-0.2, -0.15) is 53.1 Å². The van der Waals surface area contributed by atoms with Crippen molar-refractivity contribution in [3.8, 4) is 6.19 Å². The van der Waals surface area contributed by atoms with Crippen LogP contribution >= 0.6 is 23.9 Å². The van der Waals surface area contributed by atoms with Crippen LogP contribution in [0.4, 0.5) is 0 Å². The topological polar surface area (TPSA) is 353 Å². The van der Waals surface area contributed by atoms with Crippen LogP contribution in [-0.2, 0) is 46.7 Å². The van der Waals surface area contributed by atoms with Crippen molar-refractivity contribution in [2.45, 2.75) is 301 Å². The van der Waals surface area contributed by atoms with Crippen molar-refractivity contribution in [2.24, 2.45) is 126 Å². The molecule has 3 aliphatic rings. The van der Waals surface area contributed by atoms with Gasteiger partial charge in [0.25, 0.3) is 11.2 Å². The summed E-state index contributed by atoms with van der Waals surface area (Å²) in [4.78, 5) is 50.1. The zero-order valence-electron chi connectivity index (χ0n) is 74.8. The second-order valence-corrected chi connectivity index (χ2v) is 38.4. The first-order valence-corrected chi connectivity index (χ1v) is 44.6. The van der Waals surface area contributed by atoms with Crippen LogP contribution in [0.1, 0.15) is 323 Å². The van der Waals surface area contributed by atoms with Crippen LogP contribution in [-0.4, -0.2) is 111 Å². The summed E-state index contributed by atoms with van der Waals surface area (Å²) in [5, 5.41) is 18.4. The highest BCUT2D eigenvalue weighted by Gasteiger charge is 2.30. The number of ketones is 1. The Morgan fingerprint density at radius 1 is 0.482 bits per heavy atom. The fourth-order valence-electron chi connectivity index (χ4n) is 10.8. The van der Waals surface area contributed by atoms with Crippen molar-refractivity contribution in [1.29, 1.82) is 5.26 Å². The van der Waals surface area contributed by atoms with Gasteiger partial charge in [-0.15, -0.1) is 17.6 Å². The zero-order valence-corrected chi connectivity index (χ0v) is 79.7. The first-order valence-electron chi connectivity index (χ1n) is 38.5. The molecule has 0 bridgehead atoms. The highest BCUT2D eigenvalue weighted by atomic mass is 32.2. The lowest BCUT2D eigenvalue weighted by atomic mass is 9.85. The van der Waals surface area contributed by atoms with Gasteiger partial charge in [0.1, 0.15) is 17.5 Å². The van der Waals surface area contributed by atoms with E-state index in [1.807, 2.05) is 200 Å². The summed E-state index contributed by atoms with van der Waals surface area (Å²) < 4.78 is 108. The molecule has 1 aromatic heterocycles. The normalized spacial score (nSPS) is 14.2. The molecule has 110 heavy (non-hydrogen) atoms. The van der Waals surface area contributed by atoms with Crippen molar-refractivity contribution in [2.75, 3.05) is 7.05 Å². The number of rotatable bonds is 21. The SMILES string of the molecule is CC(C)C(=C[N+](=O)[O-])C(C)C.CC(C)C(=NC#N)C(C)C.CC(C)C(=O)C(C)C.CC(C)C(=S)C(C)C.CC(C)C(C(C)C)=S(=O)=O.CC(C)C1=NS(=O)(=O)N=C(C(C)C)N1C.CC(C)C1=NS(=O)(=O)N=C1C(C)C.CC(C)C1=NS(=O)N=C1C(C)C.CC(C)c1c(C(C)C)c(=O)c1=O.CC(C)c1nsnc1C(C)C. The average Bonchev–Trinajstić information content (AvgIpc) is 1.00. The molecule has 4 heterocycles. The van der Waals surface area contributed by atoms with Crippen molar-refractivity contribution in [3.63, 3.8) is 0 Å². The Labute approximate surface area is 679 Å². The third-order valence-electron chi connectivity index (χ3n) is 16.0. The monoisotopic (exact) mass is 1660 g/mol. The molecule has 0 amide bonds. The Bertz CT molecular complexity index is 3780. The van der Waals surface area contributed by atoms with Gasteiger partial charge in [-0.05, 0) is 99.6 Å². The molecule has 0 aliphatic carbocycles. The van der Waals surface area contributed by atoms with E-state index in [2.05, 4.69) is 123 Å². The first kappa shape index (κ1) is 113. The van der Waals surface area contributed by atoms with Crippen molar-refractivity contribution < 1.29 is 39.2 Å². The number of hydrogen-bond acceptors (Lipinski definition) is 19. The third kappa shape index (κ3) is 43.5. The number of carbonyl (C=O) groups is 1. The number of Topliss-reactive ketones (excluding diaryl/α,β-unsaturated/α-hetero) is 1. The third-order valence-corrected chi connectivity index (χ3v) is 21.2. The van der Waals surface area contributed by atoms with Crippen LogP contribution in [0, 0.1) is 116 Å². The van der Waals surface area contributed by atoms with Gasteiger partial charge in [-0.3, -0.25) is 24.5 Å². The molecule has 1 aromatic carbocycles. The molecule has 0 N–H and O–H groups in total. The molecule has 24 nitrogen and oxygen atoms in total. The van der Waals surface area contributed by atoms with Crippen LogP contribution in [0.2, 0.25) is 0 Å². The number of thiocarbonyl (C=S) groups is 1. The number of allylic oxidation sites excluding steroid dienone is 1. The minimum atomic E-state index is -3.67. The molecule has 0 saturated carbocycles. The van der Waals surface area contributed by atoms with Gasteiger partial charge < -0.3 is 4.90 Å². The number of nitriles is 1. The fraction of sp³-hybridized carbons (Fsp3) is 0.762. The Kier molecular flexibility index (Phi) is 55.5. The molecule has 632 valence electrons. The fourth-order valence-corrected chi connectivity index (χ4v) is 15.7. The van der Waals surface area contributed by atoms with Gasteiger partial charge in [-0.1, -0.05) is 289 Å². The number of aromatic nitrogens is 2. The highest BCUT2D eigenvalue weighted by Crippen LogP contribution is 2.25. The highest BCUT2D eigenvalue weighted by molar-refractivity contribution is 7.90. The molecule has 0 radical (unpaired) electrons. The Morgan fingerprint density at radius 2 is 0.782 bits per heavy atom. The molecular weight excluding hydrogens is 1510 g/mol. The summed E-state index contributed by atoms with van der Waals surface area (Å²) in [5.41, 5.74) is 8.21. The summed E-state index contributed by atoms with van der Waals surface area (Å²) in [5.74, 6) is 6.96. The van der Waals surface area contributed by atoms with Gasteiger partial charge in [0, 0.05) is 53.1 Å². The lowest BCUT2D eigenvalue weighted by molar-refractivity contribution is -0.404. The molecule has 0 saturated heterocycles. The minimum Gasteiger partial charge on any atom is -0.319 e. The van der Waals surface area contributed by atoms with Crippen molar-refractivity contribution in [1.82, 2.24) is 13.6 Å². The molecule has 0 unspecified atom stereocenters. The number of aliphatic imine (C=N–C) groups is 1. The summed E-state index contributed by atoms with van der Waals surface area (Å²) in [6.07, 6.45) is 2.94. The molecule has 0 fully saturated rings. The summed E-state index contributed by atoms with van der Waals surface area (Å²) in [6, 6.07) is 0. The second-order valence-electron chi connectivity index (χ2n) is 33.1. The van der Waals surface area contributed by atoms with E-state index < -0.39 is 41.9 Å². The van der Waals surface area contributed by atoms with Crippen molar-refractivity contribution in [3.05, 3.63) is 64.8 Å². The van der Waals surface area contributed by atoms with E-state index in [4.69, 9.17) is 17.5 Å². The van der Waals surface area contributed by atoms with Gasteiger partial charge >= 0.3 is 20.4 Å². The molecule has 0 spiro atoms. The summed E-state index contributed by atoms with van der Waals surface area (Å²) in [7, 11) is -7.43.